The summed E-state index contributed by atoms with van der Waals surface area (Å²) in [5.41, 5.74) is 11.2. The van der Waals surface area contributed by atoms with Crippen molar-refractivity contribution in [2.75, 3.05) is 25.7 Å². The molecule has 0 amide bonds. The highest BCUT2D eigenvalue weighted by molar-refractivity contribution is 7.99. The van der Waals surface area contributed by atoms with E-state index in [0.29, 0.717) is 12.3 Å². The Kier molecular flexibility index (Phi) is 9.36. The van der Waals surface area contributed by atoms with Gasteiger partial charge in [-0.25, -0.2) is 0 Å². The molecule has 0 aromatic heterocycles. The van der Waals surface area contributed by atoms with Gasteiger partial charge in [0.25, 0.3) is 0 Å². The molecule has 0 atom stereocenters. The molecule has 196 valence electrons. The molecule has 3 aromatic rings. The van der Waals surface area contributed by atoms with E-state index in [4.69, 9.17) is 19.9 Å². The molecule has 37 heavy (non-hydrogen) atoms. The number of nitrogens with two attached hydrogens (primary N) is 1. The third-order valence-electron chi connectivity index (χ3n) is 6.62. The second-order valence-electron chi connectivity index (χ2n) is 9.03. The Morgan fingerprint density at radius 1 is 0.865 bits per heavy atom. The number of carbonyl (C=O) groups is 1. The van der Waals surface area contributed by atoms with Crippen LogP contribution in [0, 0.1) is 0 Å². The first kappa shape index (κ1) is 26.9. The predicted molar refractivity (Wildman–Crippen MR) is 149 cm³/mol. The number of anilines is 2. The van der Waals surface area contributed by atoms with Gasteiger partial charge in [-0.05, 0) is 36.2 Å². The molecule has 1 aliphatic heterocycles. The van der Waals surface area contributed by atoms with Gasteiger partial charge >= 0.3 is 5.97 Å². The second-order valence-corrected chi connectivity index (χ2v) is 10.1. The number of nitrogens with zero attached hydrogens (tertiary/aromatic N) is 1. The average Bonchev–Trinajstić information content (AvgIpc) is 2.93. The molecule has 0 radical (unpaired) electrons. The van der Waals surface area contributed by atoms with E-state index < -0.39 is 0 Å². The minimum atomic E-state index is -0.291. The molecule has 7 heteroatoms. The van der Waals surface area contributed by atoms with Crippen molar-refractivity contribution in [2.24, 2.45) is 5.73 Å². The van der Waals surface area contributed by atoms with Gasteiger partial charge in [-0.3, -0.25) is 4.79 Å². The fourth-order valence-corrected chi connectivity index (χ4v) is 6.07. The number of unbranched alkanes of at least 4 members (excludes halogenated alkanes) is 3. The molecule has 0 saturated heterocycles. The van der Waals surface area contributed by atoms with E-state index in [1.807, 2.05) is 42.5 Å². The lowest BCUT2D eigenvalue weighted by Gasteiger charge is -2.35. The molecule has 4 rings (SSSR count). The van der Waals surface area contributed by atoms with Gasteiger partial charge in [-0.1, -0.05) is 68.3 Å². The number of ether oxygens (including phenoxy) is 3. The third kappa shape index (κ3) is 6.05. The van der Waals surface area contributed by atoms with Gasteiger partial charge in [-0.15, -0.1) is 0 Å². The standard InChI is InChI=1S/C30H36N2O4S/c1-4-5-6-10-17-32-24-13-15-26(34-2)22(18-28(33)36-20-21-11-8-7-9-12-21)29(24)37-30-23(19-31)27(35-3)16-14-25(30)32/h7-9,11-16H,4-6,10,17-20,31H2,1-3H3. The van der Waals surface area contributed by atoms with Crippen LogP contribution in [-0.2, 0) is 29.1 Å². The van der Waals surface area contributed by atoms with Gasteiger partial charge in [-0.2, -0.15) is 0 Å². The molecule has 1 aliphatic rings. The van der Waals surface area contributed by atoms with E-state index in [9.17, 15) is 4.79 Å². The van der Waals surface area contributed by atoms with Crippen molar-refractivity contribution in [3.8, 4) is 11.5 Å². The zero-order valence-electron chi connectivity index (χ0n) is 21.9. The zero-order chi connectivity index (χ0) is 26.2. The molecule has 0 aliphatic carbocycles. The van der Waals surface area contributed by atoms with Crippen LogP contribution < -0.4 is 20.1 Å². The Labute approximate surface area is 224 Å². The lowest BCUT2D eigenvalue weighted by atomic mass is 10.1. The average molecular weight is 521 g/mol. The van der Waals surface area contributed by atoms with Crippen LogP contribution in [0.15, 0.2) is 64.4 Å². The lowest BCUT2D eigenvalue weighted by molar-refractivity contribution is -0.144. The molecule has 6 nitrogen and oxygen atoms in total. The van der Waals surface area contributed by atoms with Crippen LogP contribution in [0.1, 0.15) is 49.3 Å². The summed E-state index contributed by atoms with van der Waals surface area (Å²) in [6.45, 7) is 3.69. The molecular formula is C30H36N2O4S. The number of fused-ring (bicyclic) bond motifs is 2. The quantitative estimate of drug-likeness (QED) is 0.212. The van der Waals surface area contributed by atoms with Crippen molar-refractivity contribution in [3.05, 3.63) is 71.3 Å². The maximum atomic E-state index is 13.0. The summed E-state index contributed by atoms with van der Waals surface area (Å²) in [4.78, 5) is 17.4. The van der Waals surface area contributed by atoms with E-state index >= 15 is 0 Å². The maximum absolute atomic E-state index is 13.0. The monoisotopic (exact) mass is 520 g/mol. The minimum Gasteiger partial charge on any atom is -0.496 e. The highest BCUT2D eigenvalue weighted by atomic mass is 32.2. The first-order valence-corrected chi connectivity index (χ1v) is 13.7. The highest BCUT2D eigenvalue weighted by Gasteiger charge is 2.30. The molecule has 0 fully saturated rings. The Morgan fingerprint density at radius 3 is 2.14 bits per heavy atom. The fraction of sp³-hybridized carbons (Fsp3) is 0.367. The molecule has 0 unspecified atom stereocenters. The molecule has 3 aromatic carbocycles. The van der Waals surface area contributed by atoms with E-state index in [-0.39, 0.29) is 19.0 Å². The number of hydrogen-bond donors (Lipinski definition) is 1. The maximum Gasteiger partial charge on any atom is 0.310 e. The van der Waals surface area contributed by atoms with Crippen LogP contribution in [0.3, 0.4) is 0 Å². The van der Waals surface area contributed by atoms with Crippen LogP contribution >= 0.6 is 11.8 Å². The molecule has 0 spiro atoms. The predicted octanol–water partition coefficient (Wildman–Crippen LogP) is 6.63. The van der Waals surface area contributed by atoms with Crippen LogP contribution in [0.5, 0.6) is 11.5 Å². The topological polar surface area (TPSA) is 74.0 Å². The number of hydrogen-bond acceptors (Lipinski definition) is 7. The number of benzene rings is 3. The van der Waals surface area contributed by atoms with E-state index in [0.717, 1.165) is 56.6 Å². The Hall–Kier alpha value is -3.16. The van der Waals surface area contributed by atoms with Gasteiger partial charge in [0, 0.05) is 34.0 Å². The van der Waals surface area contributed by atoms with Crippen molar-refractivity contribution >= 4 is 29.1 Å². The van der Waals surface area contributed by atoms with Crippen LogP contribution in [0.2, 0.25) is 0 Å². The van der Waals surface area contributed by atoms with Crippen molar-refractivity contribution in [2.45, 2.75) is 62.0 Å². The van der Waals surface area contributed by atoms with Crippen LogP contribution in [-0.4, -0.2) is 26.7 Å². The second kappa shape index (κ2) is 12.9. The smallest absolute Gasteiger partial charge is 0.310 e. The molecule has 0 bridgehead atoms. The molecule has 0 saturated carbocycles. The number of carbonyl (C=O) groups excluding carboxylic acids is 1. The van der Waals surface area contributed by atoms with Gasteiger partial charge in [0.05, 0.1) is 32.0 Å². The third-order valence-corrected chi connectivity index (χ3v) is 7.94. The summed E-state index contributed by atoms with van der Waals surface area (Å²) in [6.07, 6.45) is 4.75. The lowest BCUT2D eigenvalue weighted by Crippen LogP contribution is -2.24. The minimum absolute atomic E-state index is 0.118. The molecule has 1 heterocycles. The van der Waals surface area contributed by atoms with Crippen LogP contribution in [0.4, 0.5) is 11.4 Å². The highest BCUT2D eigenvalue weighted by Crippen LogP contribution is 2.54. The normalized spacial score (nSPS) is 12.1. The van der Waals surface area contributed by atoms with E-state index in [1.165, 1.54) is 19.3 Å². The van der Waals surface area contributed by atoms with Crippen molar-refractivity contribution in [3.63, 3.8) is 0 Å². The zero-order valence-corrected chi connectivity index (χ0v) is 22.7. The number of esters is 1. The summed E-state index contributed by atoms with van der Waals surface area (Å²) in [5.74, 6) is 1.16. The number of rotatable bonds is 12. The van der Waals surface area contributed by atoms with Crippen LogP contribution in [0.25, 0.3) is 0 Å². The van der Waals surface area contributed by atoms with Crippen molar-refractivity contribution in [1.82, 2.24) is 0 Å². The molecule has 2 N–H and O–H groups in total. The summed E-state index contributed by atoms with van der Waals surface area (Å²) in [5, 5.41) is 0. The van der Waals surface area contributed by atoms with Gasteiger partial charge in [0.1, 0.15) is 18.1 Å². The van der Waals surface area contributed by atoms with Gasteiger partial charge in [0.2, 0.25) is 0 Å². The van der Waals surface area contributed by atoms with E-state index in [2.05, 4.69) is 24.0 Å². The first-order chi connectivity index (χ1) is 18.1. The summed E-state index contributed by atoms with van der Waals surface area (Å²) < 4.78 is 17.0. The van der Waals surface area contributed by atoms with E-state index in [1.54, 1.807) is 26.0 Å². The first-order valence-electron chi connectivity index (χ1n) is 12.9. The summed E-state index contributed by atoms with van der Waals surface area (Å²) in [6, 6.07) is 17.9. The molecular weight excluding hydrogens is 484 g/mol. The largest absolute Gasteiger partial charge is 0.496 e. The summed E-state index contributed by atoms with van der Waals surface area (Å²) in [7, 11) is 3.31. The Balaban J connectivity index is 1.70. The van der Waals surface area contributed by atoms with Gasteiger partial charge < -0.3 is 24.8 Å². The van der Waals surface area contributed by atoms with Crippen molar-refractivity contribution < 1.29 is 19.0 Å². The Morgan fingerprint density at radius 2 is 1.51 bits per heavy atom. The van der Waals surface area contributed by atoms with Crippen molar-refractivity contribution in [1.29, 1.82) is 0 Å². The van der Waals surface area contributed by atoms with Gasteiger partial charge in [0.15, 0.2) is 0 Å². The Bertz CT molecular complexity index is 1220. The summed E-state index contributed by atoms with van der Waals surface area (Å²) >= 11 is 1.63. The fourth-order valence-electron chi connectivity index (χ4n) is 4.69. The SMILES string of the molecule is CCCCCCN1c2ccc(OC)c(CN)c2Sc2c1ccc(OC)c2CC(=O)OCc1ccccc1. The number of methoxy groups -OCH3 is 2.